The topological polar surface area (TPSA) is 79.5 Å². The first-order valence-corrected chi connectivity index (χ1v) is 6.75. The average Bonchev–Trinajstić information content (AvgIpc) is 2.87. The van der Waals surface area contributed by atoms with Crippen molar-refractivity contribution < 1.29 is 19.1 Å². The van der Waals surface area contributed by atoms with Crippen LogP contribution in [-0.4, -0.2) is 16.9 Å². The van der Waals surface area contributed by atoms with E-state index in [9.17, 15) is 9.59 Å². The number of nitrogens with one attached hydrogen (secondary N) is 1. The largest absolute Gasteiger partial charge is 0.478 e. The Hall–Kier alpha value is -2.82. The van der Waals surface area contributed by atoms with Gasteiger partial charge in [-0.25, -0.2) is 4.79 Å². The summed E-state index contributed by atoms with van der Waals surface area (Å²) >= 11 is 0. The van der Waals surface area contributed by atoms with Gasteiger partial charge >= 0.3 is 5.97 Å². The predicted molar refractivity (Wildman–Crippen MR) is 83.3 cm³/mol. The number of allylic oxidation sites excluding steroid dienone is 1. The number of carbonyl (C=O) groups excluding carboxylic acids is 1. The van der Waals surface area contributed by atoms with E-state index in [1.54, 1.807) is 38.1 Å². The number of carbonyl (C=O) groups is 2. The summed E-state index contributed by atoms with van der Waals surface area (Å²) in [7, 11) is 0. The second-order valence-corrected chi connectivity index (χ2v) is 5.07. The van der Waals surface area contributed by atoms with Crippen LogP contribution in [0.2, 0.25) is 0 Å². The maximum absolute atomic E-state index is 12.0. The van der Waals surface area contributed by atoms with Crippen LogP contribution in [0.1, 0.15) is 38.7 Å². The molecular formula is C17H17NO4. The Morgan fingerprint density at radius 3 is 2.50 bits per heavy atom. The van der Waals surface area contributed by atoms with Crippen LogP contribution in [0.4, 0.5) is 5.69 Å². The second-order valence-electron chi connectivity index (χ2n) is 5.07. The molecule has 5 nitrogen and oxygen atoms in total. The van der Waals surface area contributed by atoms with Crippen LogP contribution >= 0.6 is 0 Å². The van der Waals surface area contributed by atoms with Gasteiger partial charge in [0.05, 0.1) is 12.0 Å². The zero-order valence-corrected chi connectivity index (χ0v) is 12.5. The summed E-state index contributed by atoms with van der Waals surface area (Å²) < 4.78 is 5.28. The third-order valence-corrected chi connectivity index (χ3v) is 3.17. The van der Waals surface area contributed by atoms with E-state index in [2.05, 4.69) is 11.9 Å². The number of aryl methyl sites for hydroxylation is 2. The molecule has 0 aliphatic rings. The molecule has 0 fully saturated rings. The molecular weight excluding hydrogens is 282 g/mol. The second kappa shape index (κ2) is 6.30. The monoisotopic (exact) mass is 299 g/mol. The minimum Gasteiger partial charge on any atom is -0.478 e. The van der Waals surface area contributed by atoms with Crippen LogP contribution in [-0.2, 0) is 0 Å². The van der Waals surface area contributed by atoms with Gasteiger partial charge in [-0.1, -0.05) is 6.58 Å². The predicted octanol–water partition coefficient (Wildman–Crippen LogP) is 3.79. The van der Waals surface area contributed by atoms with Crippen molar-refractivity contribution in [3.05, 3.63) is 65.3 Å². The van der Waals surface area contributed by atoms with Crippen LogP contribution in [0, 0.1) is 13.8 Å². The Kier molecular flexibility index (Phi) is 4.46. The molecule has 0 spiro atoms. The van der Waals surface area contributed by atoms with Crippen molar-refractivity contribution in [2.75, 3.05) is 5.32 Å². The molecule has 2 aromatic rings. The molecule has 0 aliphatic carbocycles. The third kappa shape index (κ3) is 3.63. The van der Waals surface area contributed by atoms with Crippen molar-refractivity contribution in [3.63, 3.8) is 0 Å². The summed E-state index contributed by atoms with van der Waals surface area (Å²) in [6, 6.07) is 8.10. The molecule has 0 saturated carbocycles. The van der Waals surface area contributed by atoms with Gasteiger partial charge in [-0.2, -0.15) is 0 Å². The van der Waals surface area contributed by atoms with Gasteiger partial charge < -0.3 is 14.8 Å². The van der Waals surface area contributed by atoms with E-state index >= 15 is 0 Å². The summed E-state index contributed by atoms with van der Waals surface area (Å²) in [4.78, 5) is 22.9. The Balaban J connectivity index is 2.03. The summed E-state index contributed by atoms with van der Waals surface area (Å²) in [5, 5.41) is 12.0. The van der Waals surface area contributed by atoms with Gasteiger partial charge in [-0.15, -0.1) is 0 Å². The molecule has 1 aromatic heterocycles. The highest BCUT2D eigenvalue weighted by atomic mass is 16.4. The number of rotatable bonds is 6. The molecule has 22 heavy (non-hydrogen) atoms. The van der Waals surface area contributed by atoms with Gasteiger partial charge in [0.1, 0.15) is 5.76 Å². The van der Waals surface area contributed by atoms with Gasteiger partial charge in [0, 0.05) is 11.4 Å². The van der Waals surface area contributed by atoms with Crippen LogP contribution in [0.5, 0.6) is 0 Å². The molecule has 1 aromatic carbocycles. The molecule has 0 aliphatic heterocycles. The van der Waals surface area contributed by atoms with Crippen LogP contribution < -0.4 is 5.32 Å². The van der Waals surface area contributed by atoms with Crippen molar-refractivity contribution in [1.29, 1.82) is 0 Å². The number of anilines is 1. The first kappa shape index (κ1) is 15.6. The van der Waals surface area contributed by atoms with E-state index < -0.39 is 5.97 Å². The lowest BCUT2D eigenvalue weighted by molar-refractivity contribution is 0.0696. The first-order valence-electron chi connectivity index (χ1n) is 6.75. The SMILES string of the molecule is C=C(CC(=O)c1ccc(C)o1)Nc1ccc(C(=O)O)cc1C. The highest BCUT2D eigenvalue weighted by Gasteiger charge is 2.13. The van der Waals surface area contributed by atoms with Gasteiger partial charge in [0.15, 0.2) is 5.76 Å². The minimum absolute atomic E-state index is 0.104. The van der Waals surface area contributed by atoms with Gasteiger partial charge in [-0.3, -0.25) is 4.79 Å². The molecule has 0 bridgehead atoms. The third-order valence-electron chi connectivity index (χ3n) is 3.17. The first-order chi connectivity index (χ1) is 10.4. The van der Waals surface area contributed by atoms with E-state index in [4.69, 9.17) is 9.52 Å². The maximum atomic E-state index is 12.0. The van der Waals surface area contributed by atoms with Crippen molar-refractivity contribution in [2.45, 2.75) is 20.3 Å². The zero-order valence-electron chi connectivity index (χ0n) is 12.5. The summed E-state index contributed by atoms with van der Waals surface area (Å²) in [5.74, 6) is -0.150. The summed E-state index contributed by atoms with van der Waals surface area (Å²) in [6.07, 6.45) is 0.104. The highest BCUT2D eigenvalue weighted by molar-refractivity contribution is 5.95. The van der Waals surface area contributed by atoms with Crippen molar-refractivity contribution in [1.82, 2.24) is 0 Å². The lowest BCUT2D eigenvalue weighted by atomic mass is 10.1. The number of furan rings is 1. The molecule has 114 valence electrons. The molecule has 0 amide bonds. The average molecular weight is 299 g/mol. The maximum Gasteiger partial charge on any atom is 0.335 e. The lowest BCUT2D eigenvalue weighted by Crippen LogP contribution is -2.07. The molecule has 5 heteroatoms. The minimum atomic E-state index is -0.975. The quantitative estimate of drug-likeness (QED) is 0.793. The molecule has 0 saturated heterocycles. The van der Waals surface area contributed by atoms with Gasteiger partial charge in [-0.05, 0) is 49.7 Å². The standard InChI is InChI=1S/C17H17NO4/c1-10-8-13(17(20)21)5-6-14(10)18-11(2)9-15(19)16-7-4-12(3)22-16/h4-8,18H,2,9H2,1,3H3,(H,20,21). The normalized spacial score (nSPS) is 10.3. The number of benzene rings is 1. The lowest BCUT2D eigenvalue weighted by Gasteiger charge is -2.11. The molecule has 2 rings (SSSR count). The van der Waals surface area contributed by atoms with Crippen LogP contribution in [0.15, 0.2) is 47.0 Å². The number of carboxylic acid groups (broad SMARTS) is 1. The van der Waals surface area contributed by atoms with Crippen molar-refractivity contribution >= 4 is 17.4 Å². The van der Waals surface area contributed by atoms with Crippen molar-refractivity contribution in [2.24, 2.45) is 0 Å². The Morgan fingerprint density at radius 1 is 1.23 bits per heavy atom. The summed E-state index contributed by atoms with van der Waals surface area (Å²) in [6.45, 7) is 7.40. The smallest absolute Gasteiger partial charge is 0.335 e. The van der Waals surface area contributed by atoms with Gasteiger partial charge in [0.25, 0.3) is 0 Å². The molecule has 0 radical (unpaired) electrons. The van der Waals surface area contributed by atoms with Gasteiger partial charge in [0.2, 0.25) is 5.78 Å². The number of aromatic carboxylic acids is 1. The molecule has 0 unspecified atom stereocenters. The Labute approximate surface area is 128 Å². The number of carboxylic acids is 1. The highest BCUT2D eigenvalue weighted by Crippen LogP contribution is 2.20. The fourth-order valence-electron chi connectivity index (χ4n) is 2.04. The van der Waals surface area contributed by atoms with Crippen LogP contribution in [0.3, 0.4) is 0 Å². The number of ketones is 1. The number of hydrogen-bond donors (Lipinski definition) is 2. The molecule has 1 heterocycles. The Bertz CT molecular complexity index is 743. The van der Waals surface area contributed by atoms with E-state index in [0.29, 0.717) is 17.2 Å². The van der Waals surface area contributed by atoms with E-state index in [1.165, 1.54) is 6.07 Å². The molecule has 2 N–H and O–H groups in total. The van der Waals surface area contributed by atoms with Crippen molar-refractivity contribution in [3.8, 4) is 0 Å². The van der Waals surface area contributed by atoms with Crippen LogP contribution in [0.25, 0.3) is 0 Å². The van der Waals surface area contributed by atoms with E-state index in [-0.39, 0.29) is 17.8 Å². The number of Topliss-reactive ketones (excluding diaryl/α,β-unsaturated/α-hetero) is 1. The fraction of sp³-hybridized carbons (Fsp3) is 0.176. The molecule has 0 atom stereocenters. The van der Waals surface area contributed by atoms with E-state index in [1.807, 2.05) is 0 Å². The zero-order chi connectivity index (χ0) is 16.3. The summed E-state index contributed by atoms with van der Waals surface area (Å²) in [5.41, 5.74) is 2.22. The van der Waals surface area contributed by atoms with E-state index in [0.717, 1.165) is 11.3 Å². The fourth-order valence-corrected chi connectivity index (χ4v) is 2.04. The number of hydrogen-bond acceptors (Lipinski definition) is 4. The Morgan fingerprint density at radius 2 is 1.95 bits per heavy atom.